The molecule has 0 aliphatic carbocycles. The van der Waals surface area contributed by atoms with Gasteiger partial charge in [0.2, 0.25) is 0 Å². The van der Waals surface area contributed by atoms with Crippen molar-refractivity contribution in [2.24, 2.45) is 0 Å². The van der Waals surface area contributed by atoms with Crippen LogP contribution in [0.5, 0.6) is 0 Å². The second-order valence-corrected chi connectivity index (χ2v) is 6.51. The molecule has 0 spiro atoms. The predicted octanol–water partition coefficient (Wildman–Crippen LogP) is 2.32. The van der Waals surface area contributed by atoms with Crippen molar-refractivity contribution in [2.75, 3.05) is 32.7 Å². The van der Waals surface area contributed by atoms with Gasteiger partial charge in [-0.1, -0.05) is 20.3 Å². The molecule has 0 amide bonds. The molecule has 19 heavy (non-hydrogen) atoms. The number of rotatable bonds is 5. The van der Waals surface area contributed by atoms with Crippen LogP contribution in [0.2, 0.25) is 0 Å². The normalized spacial score (nSPS) is 31.7. The Bertz CT molecular complexity index is 248. The molecule has 0 radical (unpaired) electrons. The minimum atomic E-state index is 0.718. The predicted molar refractivity (Wildman–Crippen MR) is 82.6 cm³/mol. The molecule has 1 N–H and O–H groups in total. The monoisotopic (exact) mass is 267 g/mol. The third kappa shape index (κ3) is 4.17. The molecule has 2 aliphatic heterocycles. The van der Waals surface area contributed by atoms with E-state index < -0.39 is 0 Å². The largest absolute Gasteiger partial charge is 0.311 e. The molecule has 0 aromatic rings. The Morgan fingerprint density at radius 1 is 1.11 bits per heavy atom. The van der Waals surface area contributed by atoms with Gasteiger partial charge < -0.3 is 10.2 Å². The molecule has 0 bridgehead atoms. The van der Waals surface area contributed by atoms with Crippen LogP contribution in [0.3, 0.4) is 0 Å². The van der Waals surface area contributed by atoms with E-state index in [1.165, 1.54) is 64.8 Å². The Kier molecular flexibility index (Phi) is 6.11. The topological polar surface area (TPSA) is 18.5 Å². The van der Waals surface area contributed by atoms with Gasteiger partial charge in [0, 0.05) is 31.2 Å². The maximum Gasteiger partial charge on any atom is 0.0196 e. The summed E-state index contributed by atoms with van der Waals surface area (Å²) in [4.78, 5) is 5.45. The van der Waals surface area contributed by atoms with Crippen molar-refractivity contribution in [2.45, 2.75) is 71.0 Å². The fraction of sp³-hybridized carbons (Fsp3) is 1.00. The van der Waals surface area contributed by atoms with Crippen molar-refractivity contribution in [1.82, 2.24) is 15.1 Å². The first-order chi connectivity index (χ1) is 9.24. The lowest BCUT2D eigenvalue weighted by molar-refractivity contribution is 0.0475. The van der Waals surface area contributed by atoms with Crippen molar-refractivity contribution in [1.29, 1.82) is 0 Å². The first-order valence-corrected chi connectivity index (χ1v) is 8.46. The molecule has 2 unspecified atom stereocenters. The highest BCUT2D eigenvalue weighted by atomic mass is 15.3. The van der Waals surface area contributed by atoms with Crippen LogP contribution in [0.4, 0.5) is 0 Å². The van der Waals surface area contributed by atoms with Crippen LogP contribution in [0, 0.1) is 0 Å². The summed E-state index contributed by atoms with van der Waals surface area (Å²) in [5.74, 6) is 0. The van der Waals surface area contributed by atoms with Gasteiger partial charge in [0.05, 0.1) is 0 Å². The number of piperidine rings is 1. The van der Waals surface area contributed by atoms with Crippen LogP contribution in [0.1, 0.15) is 52.9 Å². The van der Waals surface area contributed by atoms with Gasteiger partial charge in [-0.15, -0.1) is 0 Å². The molecule has 3 heteroatoms. The molecule has 2 atom stereocenters. The summed E-state index contributed by atoms with van der Waals surface area (Å²) in [5.41, 5.74) is 0. The summed E-state index contributed by atoms with van der Waals surface area (Å²) in [6.45, 7) is 13.4. The summed E-state index contributed by atoms with van der Waals surface area (Å²) in [6, 6.07) is 2.29. The number of nitrogens with one attached hydrogen (secondary N) is 1. The molecular weight excluding hydrogens is 234 g/mol. The Labute approximate surface area is 119 Å². The van der Waals surface area contributed by atoms with Crippen LogP contribution in [-0.4, -0.2) is 60.6 Å². The maximum absolute atomic E-state index is 3.72. The standard InChI is InChI=1S/C16H33N3/c1-4-6-15-13-19(14(3)12-17-15)16-7-10-18(9-5-2)11-8-16/h14-17H,4-13H2,1-3H3. The maximum atomic E-state index is 3.72. The van der Waals surface area contributed by atoms with E-state index in [2.05, 4.69) is 35.9 Å². The van der Waals surface area contributed by atoms with E-state index in [9.17, 15) is 0 Å². The van der Waals surface area contributed by atoms with E-state index in [4.69, 9.17) is 0 Å². The Morgan fingerprint density at radius 2 is 1.84 bits per heavy atom. The quantitative estimate of drug-likeness (QED) is 0.825. The minimum absolute atomic E-state index is 0.718. The van der Waals surface area contributed by atoms with Crippen LogP contribution in [0.15, 0.2) is 0 Å². The second kappa shape index (κ2) is 7.61. The van der Waals surface area contributed by atoms with E-state index in [0.717, 1.165) is 18.1 Å². The molecule has 2 heterocycles. The Morgan fingerprint density at radius 3 is 2.47 bits per heavy atom. The van der Waals surface area contributed by atoms with Crippen molar-refractivity contribution < 1.29 is 0 Å². The molecule has 2 rings (SSSR count). The second-order valence-electron chi connectivity index (χ2n) is 6.51. The van der Waals surface area contributed by atoms with E-state index >= 15 is 0 Å². The molecule has 2 aliphatic rings. The number of piperazine rings is 1. The van der Waals surface area contributed by atoms with Crippen LogP contribution < -0.4 is 5.32 Å². The van der Waals surface area contributed by atoms with E-state index in [1.807, 2.05) is 0 Å². The smallest absolute Gasteiger partial charge is 0.0196 e. The average Bonchev–Trinajstić information content (AvgIpc) is 2.43. The molecular formula is C16H33N3. The van der Waals surface area contributed by atoms with E-state index in [-0.39, 0.29) is 0 Å². The van der Waals surface area contributed by atoms with Gasteiger partial charge in [0.15, 0.2) is 0 Å². The van der Waals surface area contributed by atoms with Gasteiger partial charge in [0.1, 0.15) is 0 Å². The lowest BCUT2D eigenvalue weighted by Gasteiger charge is -2.46. The first kappa shape index (κ1) is 15.3. The van der Waals surface area contributed by atoms with Crippen LogP contribution in [0.25, 0.3) is 0 Å². The lowest BCUT2D eigenvalue weighted by atomic mass is 9.97. The van der Waals surface area contributed by atoms with Crippen molar-refractivity contribution in [3.63, 3.8) is 0 Å². The number of nitrogens with zero attached hydrogens (tertiary/aromatic N) is 2. The zero-order valence-electron chi connectivity index (χ0n) is 13.2. The molecule has 2 fully saturated rings. The fourth-order valence-electron chi connectivity index (χ4n) is 3.80. The van der Waals surface area contributed by atoms with Crippen molar-refractivity contribution in [3.8, 4) is 0 Å². The van der Waals surface area contributed by atoms with Crippen LogP contribution in [-0.2, 0) is 0 Å². The molecule has 3 nitrogen and oxygen atoms in total. The highest BCUT2D eigenvalue weighted by Crippen LogP contribution is 2.22. The number of hydrogen-bond donors (Lipinski definition) is 1. The van der Waals surface area contributed by atoms with Crippen molar-refractivity contribution >= 4 is 0 Å². The van der Waals surface area contributed by atoms with Gasteiger partial charge in [-0.05, 0) is 52.2 Å². The molecule has 0 saturated carbocycles. The lowest BCUT2D eigenvalue weighted by Crippen LogP contribution is -2.60. The summed E-state index contributed by atoms with van der Waals surface area (Å²) in [6.07, 6.45) is 6.69. The molecule has 2 saturated heterocycles. The van der Waals surface area contributed by atoms with Gasteiger partial charge in [0.25, 0.3) is 0 Å². The minimum Gasteiger partial charge on any atom is -0.311 e. The molecule has 112 valence electrons. The van der Waals surface area contributed by atoms with Gasteiger partial charge in [-0.2, -0.15) is 0 Å². The zero-order valence-corrected chi connectivity index (χ0v) is 13.2. The zero-order chi connectivity index (χ0) is 13.7. The third-order valence-electron chi connectivity index (χ3n) is 4.90. The number of hydrogen-bond acceptors (Lipinski definition) is 3. The number of likely N-dealkylation sites (tertiary alicyclic amines) is 1. The Hall–Kier alpha value is -0.120. The van der Waals surface area contributed by atoms with Crippen LogP contribution >= 0.6 is 0 Å². The third-order valence-corrected chi connectivity index (χ3v) is 4.90. The molecule has 0 aromatic heterocycles. The van der Waals surface area contributed by atoms with Gasteiger partial charge in [-0.25, -0.2) is 0 Å². The van der Waals surface area contributed by atoms with E-state index in [0.29, 0.717) is 0 Å². The highest BCUT2D eigenvalue weighted by molar-refractivity contribution is 4.90. The SMILES string of the molecule is CCCC1CN(C2CCN(CCC)CC2)C(C)CN1. The fourth-order valence-corrected chi connectivity index (χ4v) is 3.80. The van der Waals surface area contributed by atoms with Gasteiger partial charge in [-0.3, -0.25) is 4.90 Å². The first-order valence-electron chi connectivity index (χ1n) is 8.46. The van der Waals surface area contributed by atoms with E-state index in [1.54, 1.807) is 0 Å². The van der Waals surface area contributed by atoms with Gasteiger partial charge >= 0.3 is 0 Å². The Balaban J connectivity index is 1.82. The van der Waals surface area contributed by atoms with Crippen molar-refractivity contribution in [3.05, 3.63) is 0 Å². The average molecular weight is 267 g/mol. The molecule has 0 aromatic carbocycles. The summed E-state index contributed by atoms with van der Waals surface area (Å²) in [7, 11) is 0. The summed E-state index contributed by atoms with van der Waals surface area (Å²) in [5, 5.41) is 3.72. The summed E-state index contributed by atoms with van der Waals surface area (Å²) >= 11 is 0. The summed E-state index contributed by atoms with van der Waals surface area (Å²) < 4.78 is 0. The highest BCUT2D eigenvalue weighted by Gasteiger charge is 2.31.